The van der Waals surface area contributed by atoms with E-state index in [9.17, 15) is 9.59 Å². The molecule has 1 aromatic carbocycles. The van der Waals surface area contributed by atoms with Gasteiger partial charge in [0.1, 0.15) is 0 Å². The number of amides is 2. The zero-order valence-corrected chi connectivity index (χ0v) is 15.6. The Balaban J connectivity index is 2.24. The van der Waals surface area contributed by atoms with Gasteiger partial charge < -0.3 is 9.47 Å². The van der Waals surface area contributed by atoms with Crippen LogP contribution in [0.1, 0.15) is 26.3 Å². The molecular formula is C19H23NO4S. The van der Waals surface area contributed by atoms with Crippen molar-refractivity contribution in [3.05, 3.63) is 41.3 Å². The summed E-state index contributed by atoms with van der Waals surface area (Å²) < 4.78 is 11.4. The smallest absolute Gasteiger partial charge is 0.293 e. The summed E-state index contributed by atoms with van der Waals surface area (Å²) in [4.78, 5) is 25.7. The van der Waals surface area contributed by atoms with Crippen molar-refractivity contribution in [3.63, 3.8) is 0 Å². The minimum absolute atomic E-state index is 0.216. The van der Waals surface area contributed by atoms with E-state index in [0.717, 1.165) is 17.3 Å². The molecule has 0 aliphatic carbocycles. The number of imide groups is 1. The third kappa shape index (κ3) is 4.89. The van der Waals surface area contributed by atoms with Gasteiger partial charge in [-0.25, -0.2) is 0 Å². The molecule has 2 rings (SSSR count). The van der Waals surface area contributed by atoms with Crippen LogP contribution in [0.5, 0.6) is 11.5 Å². The molecule has 2 amide bonds. The molecule has 0 unspecified atom stereocenters. The van der Waals surface area contributed by atoms with Gasteiger partial charge in [-0.1, -0.05) is 26.0 Å². The van der Waals surface area contributed by atoms with Gasteiger partial charge in [-0.2, -0.15) is 0 Å². The van der Waals surface area contributed by atoms with E-state index in [1.807, 2.05) is 25.1 Å². The molecule has 1 aliphatic rings. The van der Waals surface area contributed by atoms with Crippen molar-refractivity contribution in [2.75, 3.05) is 19.8 Å². The Bertz CT molecular complexity index is 697. The van der Waals surface area contributed by atoms with Crippen LogP contribution in [0.25, 0.3) is 6.08 Å². The molecule has 0 saturated carbocycles. The summed E-state index contributed by atoms with van der Waals surface area (Å²) in [5, 5.41) is -0.280. The highest BCUT2D eigenvalue weighted by molar-refractivity contribution is 8.18. The summed E-state index contributed by atoms with van der Waals surface area (Å²) in [6, 6.07) is 5.49. The first-order valence-corrected chi connectivity index (χ1v) is 9.03. The van der Waals surface area contributed by atoms with Crippen LogP contribution in [0.4, 0.5) is 4.79 Å². The van der Waals surface area contributed by atoms with Crippen molar-refractivity contribution in [1.29, 1.82) is 0 Å². The maximum Gasteiger partial charge on any atom is 0.293 e. The number of carbonyl (C=O) groups excluding carboxylic acids is 2. The van der Waals surface area contributed by atoms with E-state index in [4.69, 9.17) is 9.47 Å². The van der Waals surface area contributed by atoms with Crippen molar-refractivity contribution in [3.8, 4) is 11.5 Å². The molecule has 1 saturated heterocycles. The monoisotopic (exact) mass is 361 g/mol. The molecule has 5 nitrogen and oxygen atoms in total. The molecule has 1 heterocycles. The first-order chi connectivity index (χ1) is 12.0. The summed E-state index contributed by atoms with van der Waals surface area (Å²) in [5.41, 5.74) is 0.782. The van der Waals surface area contributed by atoms with Gasteiger partial charge >= 0.3 is 0 Å². The summed E-state index contributed by atoms with van der Waals surface area (Å²) in [7, 11) is 0. The van der Waals surface area contributed by atoms with Crippen molar-refractivity contribution in [1.82, 2.24) is 4.90 Å². The first-order valence-electron chi connectivity index (χ1n) is 8.22. The molecule has 1 aliphatic heterocycles. The normalized spacial score (nSPS) is 16.0. The first kappa shape index (κ1) is 19.1. The van der Waals surface area contributed by atoms with Crippen molar-refractivity contribution >= 4 is 29.0 Å². The summed E-state index contributed by atoms with van der Waals surface area (Å²) >= 11 is 0.933. The van der Waals surface area contributed by atoms with Gasteiger partial charge in [-0.15, -0.1) is 6.58 Å². The molecule has 134 valence electrons. The lowest BCUT2D eigenvalue weighted by Crippen LogP contribution is -2.27. The van der Waals surface area contributed by atoms with E-state index in [1.165, 1.54) is 11.0 Å². The van der Waals surface area contributed by atoms with E-state index in [2.05, 4.69) is 20.4 Å². The minimum Gasteiger partial charge on any atom is -0.490 e. The Morgan fingerprint density at radius 2 is 2.00 bits per heavy atom. The highest BCUT2D eigenvalue weighted by atomic mass is 32.2. The van der Waals surface area contributed by atoms with Crippen LogP contribution in [-0.4, -0.2) is 35.8 Å². The molecule has 1 aromatic rings. The van der Waals surface area contributed by atoms with Crippen LogP contribution in [0.2, 0.25) is 0 Å². The number of rotatable bonds is 8. The number of nitrogens with zero attached hydrogens (tertiary/aromatic N) is 1. The average Bonchev–Trinajstić information content (AvgIpc) is 2.82. The minimum atomic E-state index is -0.298. The number of hydrogen-bond donors (Lipinski definition) is 0. The van der Waals surface area contributed by atoms with Crippen molar-refractivity contribution < 1.29 is 19.1 Å². The molecule has 0 radical (unpaired) electrons. The molecule has 0 aromatic heterocycles. The van der Waals surface area contributed by atoms with Gasteiger partial charge in [0.05, 0.1) is 18.1 Å². The van der Waals surface area contributed by atoms with Crippen LogP contribution >= 0.6 is 11.8 Å². The second-order valence-electron chi connectivity index (χ2n) is 5.93. The van der Waals surface area contributed by atoms with Gasteiger partial charge in [0.25, 0.3) is 11.1 Å². The molecule has 6 heteroatoms. The Morgan fingerprint density at radius 3 is 2.64 bits per heavy atom. The van der Waals surface area contributed by atoms with E-state index < -0.39 is 0 Å². The van der Waals surface area contributed by atoms with Crippen molar-refractivity contribution in [2.45, 2.75) is 20.8 Å². The van der Waals surface area contributed by atoms with Gasteiger partial charge in [0.2, 0.25) is 0 Å². The molecule has 0 N–H and O–H groups in total. The summed E-state index contributed by atoms with van der Waals surface area (Å²) in [6.45, 7) is 11.0. The molecule has 0 spiro atoms. The third-order valence-electron chi connectivity index (χ3n) is 3.32. The second kappa shape index (κ2) is 8.76. The number of thioether (sulfide) groups is 1. The summed E-state index contributed by atoms with van der Waals surface area (Å²) in [5.74, 6) is 1.41. The van der Waals surface area contributed by atoms with E-state index in [1.54, 1.807) is 6.08 Å². The van der Waals surface area contributed by atoms with Crippen LogP contribution in [0, 0.1) is 5.92 Å². The quantitative estimate of drug-likeness (QED) is 0.509. The fraction of sp³-hybridized carbons (Fsp3) is 0.368. The van der Waals surface area contributed by atoms with Crippen LogP contribution in [0.3, 0.4) is 0 Å². The zero-order chi connectivity index (χ0) is 18.4. The standard InChI is InChI=1S/C19H23NO4S/c1-5-9-20-18(21)17(25-19(20)22)11-14-7-8-15(24-12-13(3)4)16(10-14)23-6-2/h5,7-8,10-11,13H,1,6,9,12H2,2-4H3/b17-11+. The van der Waals surface area contributed by atoms with Gasteiger partial charge in [-0.3, -0.25) is 14.5 Å². The maximum atomic E-state index is 12.3. The lowest BCUT2D eigenvalue weighted by molar-refractivity contribution is -0.122. The summed E-state index contributed by atoms with van der Waals surface area (Å²) in [6.07, 6.45) is 3.23. The van der Waals surface area contributed by atoms with E-state index in [-0.39, 0.29) is 17.7 Å². The topological polar surface area (TPSA) is 55.8 Å². The molecular weight excluding hydrogens is 338 g/mol. The van der Waals surface area contributed by atoms with Crippen LogP contribution in [-0.2, 0) is 4.79 Å². The Hall–Kier alpha value is -2.21. The number of ether oxygens (including phenoxy) is 2. The molecule has 1 fully saturated rings. The molecule has 0 bridgehead atoms. The number of carbonyl (C=O) groups is 2. The van der Waals surface area contributed by atoms with Gasteiger partial charge in [0.15, 0.2) is 11.5 Å². The lowest BCUT2D eigenvalue weighted by Gasteiger charge is -2.14. The van der Waals surface area contributed by atoms with Crippen molar-refractivity contribution in [2.24, 2.45) is 5.92 Å². The van der Waals surface area contributed by atoms with Crippen LogP contribution in [0.15, 0.2) is 35.8 Å². The highest BCUT2D eigenvalue weighted by Crippen LogP contribution is 2.34. The number of hydrogen-bond acceptors (Lipinski definition) is 5. The lowest BCUT2D eigenvalue weighted by atomic mass is 10.1. The van der Waals surface area contributed by atoms with E-state index in [0.29, 0.717) is 35.5 Å². The average molecular weight is 361 g/mol. The maximum absolute atomic E-state index is 12.3. The predicted molar refractivity (Wildman–Crippen MR) is 101 cm³/mol. The van der Waals surface area contributed by atoms with Crippen LogP contribution < -0.4 is 9.47 Å². The fourth-order valence-electron chi connectivity index (χ4n) is 2.20. The largest absolute Gasteiger partial charge is 0.490 e. The second-order valence-corrected chi connectivity index (χ2v) is 6.92. The molecule has 25 heavy (non-hydrogen) atoms. The third-order valence-corrected chi connectivity index (χ3v) is 4.23. The van der Waals surface area contributed by atoms with Gasteiger partial charge in [0, 0.05) is 6.54 Å². The van der Waals surface area contributed by atoms with E-state index >= 15 is 0 Å². The Morgan fingerprint density at radius 1 is 1.24 bits per heavy atom. The SMILES string of the molecule is C=CCN1C(=O)S/C(=C/c2ccc(OCC(C)C)c(OCC)c2)C1=O. The highest BCUT2D eigenvalue weighted by Gasteiger charge is 2.34. The van der Waals surface area contributed by atoms with Gasteiger partial charge in [-0.05, 0) is 48.4 Å². The zero-order valence-electron chi connectivity index (χ0n) is 14.8. The Labute approximate surface area is 152 Å². The molecule has 0 atom stereocenters. The Kier molecular flexibility index (Phi) is 6.70. The number of benzene rings is 1. The fourth-order valence-corrected chi connectivity index (χ4v) is 3.04. The predicted octanol–water partition coefficient (Wildman–Crippen LogP) is 4.34.